The second kappa shape index (κ2) is 10.1. The van der Waals surface area contributed by atoms with Crippen LogP contribution < -0.4 is 10.1 Å². The molecule has 0 aliphatic carbocycles. The van der Waals surface area contributed by atoms with Gasteiger partial charge in [0.25, 0.3) is 17.7 Å². The zero-order valence-corrected chi connectivity index (χ0v) is 19.5. The first-order valence-electron chi connectivity index (χ1n) is 10.7. The molecule has 34 heavy (non-hydrogen) atoms. The first-order valence-corrected chi connectivity index (χ1v) is 11.1. The highest BCUT2D eigenvalue weighted by Gasteiger charge is 2.35. The fourth-order valence-electron chi connectivity index (χ4n) is 3.60. The second-order valence-electron chi connectivity index (χ2n) is 7.88. The molecule has 0 aromatic heterocycles. The molecule has 0 saturated heterocycles. The summed E-state index contributed by atoms with van der Waals surface area (Å²) in [6.45, 7) is 2.69. The van der Waals surface area contributed by atoms with Gasteiger partial charge in [0.1, 0.15) is 11.5 Å². The molecule has 1 heterocycles. The summed E-state index contributed by atoms with van der Waals surface area (Å²) >= 11 is 6.35. The number of fused-ring (bicyclic) bond motifs is 1. The number of carbonyl (C=O) groups is 3. The van der Waals surface area contributed by atoms with Crippen molar-refractivity contribution in [2.75, 3.05) is 25.6 Å². The van der Waals surface area contributed by atoms with E-state index in [0.717, 1.165) is 5.56 Å². The molecule has 1 aliphatic heterocycles. The SMILES string of the molecule is COCCCN1C(=O)c2ccc(C(=O)Nc3ccc(Oc4ccc(C)cc4)c(Cl)c3)cc2C1=O. The number of imide groups is 1. The van der Waals surface area contributed by atoms with Crippen molar-refractivity contribution in [3.8, 4) is 11.5 Å². The number of hydrogen-bond acceptors (Lipinski definition) is 5. The Morgan fingerprint density at radius 1 is 0.971 bits per heavy atom. The fraction of sp³-hybridized carbons (Fsp3) is 0.192. The number of nitrogens with zero attached hydrogens (tertiary/aromatic N) is 1. The Labute approximate surface area is 202 Å². The van der Waals surface area contributed by atoms with E-state index in [9.17, 15) is 14.4 Å². The topological polar surface area (TPSA) is 84.9 Å². The first-order chi connectivity index (χ1) is 16.4. The Bertz CT molecular complexity index is 1260. The molecule has 3 amide bonds. The van der Waals surface area contributed by atoms with Crippen molar-refractivity contribution in [2.45, 2.75) is 13.3 Å². The number of hydrogen-bond donors (Lipinski definition) is 1. The maximum atomic E-state index is 12.8. The molecule has 0 atom stereocenters. The van der Waals surface area contributed by atoms with E-state index in [1.165, 1.54) is 23.1 Å². The van der Waals surface area contributed by atoms with Crippen LogP contribution in [0.1, 0.15) is 43.1 Å². The summed E-state index contributed by atoms with van der Waals surface area (Å²) in [6.07, 6.45) is 0.541. The molecule has 3 aromatic rings. The molecular weight excluding hydrogens is 456 g/mol. The minimum atomic E-state index is -0.427. The molecule has 8 heteroatoms. The van der Waals surface area contributed by atoms with Crippen molar-refractivity contribution in [3.63, 3.8) is 0 Å². The summed E-state index contributed by atoms with van der Waals surface area (Å²) in [6, 6.07) is 17.0. The molecule has 0 bridgehead atoms. The van der Waals surface area contributed by atoms with Gasteiger partial charge in [0.05, 0.1) is 16.1 Å². The fourth-order valence-corrected chi connectivity index (χ4v) is 3.82. The number of halogens is 1. The van der Waals surface area contributed by atoms with E-state index in [0.29, 0.717) is 40.8 Å². The van der Waals surface area contributed by atoms with Crippen LogP contribution in [0.5, 0.6) is 11.5 Å². The highest BCUT2D eigenvalue weighted by Crippen LogP contribution is 2.32. The van der Waals surface area contributed by atoms with E-state index in [2.05, 4.69) is 5.32 Å². The lowest BCUT2D eigenvalue weighted by Gasteiger charge is -2.12. The quantitative estimate of drug-likeness (QED) is 0.349. The number of ether oxygens (including phenoxy) is 2. The summed E-state index contributed by atoms with van der Waals surface area (Å²) in [5, 5.41) is 3.10. The Morgan fingerprint density at radius 2 is 1.71 bits per heavy atom. The van der Waals surface area contributed by atoms with Crippen LogP contribution in [0.2, 0.25) is 5.02 Å². The summed E-state index contributed by atoms with van der Waals surface area (Å²) < 4.78 is 10.8. The van der Waals surface area contributed by atoms with Gasteiger partial charge in [0.2, 0.25) is 0 Å². The minimum Gasteiger partial charge on any atom is -0.456 e. The van der Waals surface area contributed by atoms with Crippen LogP contribution in [0.3, 0.4) is 0 Å². The summed E-state index contributed by atoms with van der Waals surface area (Å²) in [5.41, 5.74) is 2.35. The van der Waals surface area contributed by atoms with Crippen molar-refractivity contribution in [1.82, 2.24) is 4.90 Å². The molecular formula is C26H23ClN2O5. The van der Waals surface area contributed by atoms with Gasteiger partial charge < -0.3 is 14.8 Å². The van der Waals surface area contributed by atoms with E-state index in [1.54, 1.807) is 25.3 Å². The average Bonchev–Trinajstić information content (AvgIpc) is 3.06. The minimum absolute atomic E-state index is 0.218. The second-order valence-corrected chi connectivity index (χ2v) is 8.29. The van der Waals surface area contributed by atoms with Crippen LogP contribution in [0, 0.1) is 6.92 Å². The number of nitrogens with one attached hydrogen (secondary N) is 1. The Kier molecular flexibility index (Phi) is 6.95. The largest absolute Gasteiger partial charge is 0.456 e. The third kappa shape index (κ3) is 4.95. The van der Waals surface area contributed by atoms with E-state index in [4.69, 9.17) is 21.1 Å². The average molecular weight is 479 g/mol. The van der Waals surface area contributed by atoms with Crippen LogP contribution in [0.4, 0.5) is 5.69 Å². The van der Waals surface area contributed by atoms with Gasteiger partial charge in [0, 0.05) is 31.5 Å². The maximum absolute atomic E-state index is 12.8. The number of benzene rings is 3. The number of amides is 3. The number of methoxy groups -OCH3 is 1. The highest BCUT2D eigenvalue weighted by molar-refractivity contribution is 6.32. The van der Waals surface area contributed by atoms with Crippen LogP contribution in [0.25, 0.3) is 0 Å². The van der Waals surface area contributed by atoms with Crippen molar-refractivity contribution in [2.24, 2.45) is 0 Å². The van der Waals surface area contributed by atoms with E-state index < -0.39 is 11.8 Å². The van der Waals surface area contributed by atoms with Crippen molar-refractivity contribution < 1.29 is 23.9 Å². The molecule has 0 saturated carbocycles. The van der Waals surface area contributed by atoms with Gasteiger partial charge in [-0.3, -0.25) is 19.3 Å². The highest BCUT2D eigenvalue weighted by atomic mass is 35.5. The molecule has 7 nitrogen and oxygen atoms in total. The molecule has 0 fully saturated rings. The molecule has 0 spiro atoms. The lowest BCUT2D eigenvalue weighted by molar-refractivity contribution is 0.0638. The van der Waals surface area contributed by atoms with Crippen LogP contribution in [-0.4, -0.2) is 42.9 Å². The van der Waals surface area contributed by atoms with Gasteiger partial charge >= 0.3 is 0 Å². The molecule has 4 rings (SSSR count). The Morgan fingerprint density at radius 3 is 2.41 bits per heavy atom. The predicted octanol–water partition coefficient (Wildman–Crippen LogP) is 5.33. The lowest BCUT2D eigenvalue weighted by Crippen LogP contribution is -2.31. The molecule has 174 valence electrons. The third-order valence-corrected chi connectivity index (χ3v) is 5.70. The van der Waals surface area contributed by atoms with Crippen molar-refractivity contribution in [1.29, 1.82) is 0 Å². The van der Waals surface area contributed by atoms with Crippen LogP contribution in [-0.2, 0) is 4.74 Å². The van der Waals surface area contributed by atoms with Gasteiger partial charge in [-0.15, -0.1) is 0 Å². The summed E-state index contributed by atoms with van der Waals surface area (Å²) in [7, 11) is 1.56. The zero-order chi connectivity index (χ0) is 24.2. The van der Waals surface area contributed by atoms with Crippen LogP contribution in [0.15, 0.2) is 60.7 Å². The number of anilines is 1. The van der Waals surface area contributed by atoms with Gasteiger partial charge in [-0.1, -0.05) is 29.3 Å². The summed E-state index contributed by atoms with van der Waals surface area (Å²) in [5.74, 6) is -0.0915. The van der Waals surface area contributed by atoms with Gasteiger partial charge in [0.15, 0.2) is 0 Å². The number of rotatable bonds is 8. The predicted molar refractivity (Wildman–Crippen MR) is 129 cm³/mol. The Hall–Kier alpha value is -3.68. The van der Waals surface area contributed by atoms with Crippen molar-refractivity contribution in [3.05, 3.63) is 87.9 Å². The Balaban J connectivity index is 1.45. The standard InChI is InChI=1S/C26H23ClN2O5/c1-16-4-8-19(9-5-16)34-23-11-7-18(15-22(23)27)28-24(30)17-6-10-20-21(14-17)26(32)29(25(20)31)12-3-13-33-2/h4-11,14-15H,3,12-13H2,1-2H3,(H,28,30). The molecule has 0 unspecified atom stereocenters. The summed E-state index contributed by atoms with van der Waals surface area (Å²) in [4.78, 5) is 39.2. The normalized spacial score (nSPS) is 12.6. The maximum Gasteiger partial charge on any atom is 0.261 e. The van der Waals surface area contributed by atoms with E-state index >= 15 is 0 Å². The smallest absolute Gasteiger partial charge is 0.261 e. The molecule has 1 N–H and O–H groups in total. The molecule has 0 radical (unpaired) electrons. The van der Waals surface area contributed by atoms with Gasteiger partial charge in [-0.25, -0.2) is 0 Å². The lowest BCUT2D eigenvalue weighted by atomic mass is 10.1. The van der Waals surface area contributed by atoms with E-state index in [1.807, 2.05) is 31.2 Å². The van der Waals surface area contributed by atoms with Gasteiger partial charge in [-0.2, -0.15) is 0 Å². The third-order valence-electron chi connectivity index (χ3n) is 5.40. The first kappa shape index (κ1) is 23.5. The van der Waals surface area contributed by atoms with Gasteiger partial charge in [-0.05, 0) is 61.9 Å². The molecule has 3 aromatic carbocycles. The number of carbonyl (C=O) groups excluding carboxylic acids is 3. The van der Waals surface area contributed by atoms with Crippen LogP contribution >= 0.6 is 11.6 Å². The number of aryl methyl sites for hydroxylation is 1. The zero-order valence-electron chi connectivity index (χ0n) is 18.8. The van der Waals surface area contributed by atoms with Crippen molar-refractivity contribution >= 4 is 35.0 Å². The molecule has 1 aliphatic rings. The van der Waals surface area contributed by atoms with E-state index in [-0.39, 0.29) is 23.6 Å². The monoisotopic (exact) mass is 478 g/mol.